The number of carbonyl (C=O) groups excluding carboxylic acids is 1. The average molecular weight is 323 g/mol. The molecule has 4 nitrogen and oxygen atoms in total. The summed E-state index contributed by atoms with van der Waals surface area (Å²) >= 11 is 0. The predicted octanol–water partition coefficient (Wildman–Crippen LogP) is 2.47. The molecule has 2 aliphatic rings. The van der Waals surface area contributed by atoms with Crippen molar-refractivity contribution in [3.8, 4) is 0 Å². The molecule has 124 valence electrons. The molecule has 3 atom stereocenters. The van der Waals surface area contributed by atoms with E-state index in [1.807, 2.05) is 42.5 Å². The van der Waals surface area contributed by atoms with E-state index >= 15 is 0 Å². The summed E-state index contributed by atoms with van der Waals surface area (Å²) in [5.74, 6) is -0.0857. The van der Waals surface area contributed by atoms with Crippen LogP contribution in [0.5, 0.6) is 0 Å². The first kappa shape index (κ1) is 15.4. The Morgan fingerprint density at radius 3 is 2.62 bits per heavy atom. The largest absolute Gasteiger partial charge is 0.390 e. The lowest BCUT2D eigenvalue weighted by Gasteiger charge is -2.26. The number of hydrogen-bond acceptors (Lipinski definition) is 3. The maximum absolute atomic E-state index is 12.5. The Bertz CT molecular complexity index is 758. The highest BCUT2D eigenvalue weighted by atomic mass is 16.5. The first-order chi connectivity index (χ1) is 11.7. The first-order valence-corrected chi connectivity index (χ1v) is 8.47. The van der Waals surface area contributed by atoms with Gasteiger partial charge in [-0.05, 0) is 28.7 Å². The number of benzene rings is 2. The molecule has 0 unspecified atom stereocenters. The van der Waals surface area contributed by atoms with E-state index < -0.39 is 6.10 Å². The number of aliphatic hydroxyl groups is 1. The summed E-state index contributed by atoms with van der Waals surface area (Å²) in [7, 11) is 0. The van der Waals surface area contributed by atoms with Gasteiger partial charge in [0, 0.05) is 6.42 Å². The van der Waals surface area contributed by atoms with Gasteiger partial charge in [-0.3, -0.25) is 4.79 Å². The third-order valence-electron chi connectivity index (χ3n) is 4.98. The first-order valence-electron chi connectivity index (χ1n) is 8.47. The highest BCUT2D eigenvalue weighted by Gasteiger charge is 2.32. The summed E-state index contributed by atoms with van der Waals surface area (Å²) in [6.07, 6.45) is 0.990. The molecule has 1 aliphatic carbocycles. The molecule has 0 saturated heterocycles. The number of amides is 1. The Morgan fingerprint density at radius 1 is 1.08 bits per heavy atom. The van der Waals surface area contributed by atoms with Crippen LogP contribution >= 0.6 is 0 Å². The fourth-order valence-corrected chi connectivity index (χ4v) is 3.79. The molecule has 2 N–H and O–H groups in total. The third-order valence-corrected chi connectivity index (χ3v) is 4.98. The zero-order valence-corrected chi connectivity index (χ0v) is 13.4. The van der Waals surface area contributed by atoms with Crippen molar-refractivity contribution in [2.24, 2.45) is 0 Å². The van der Waals surface area contributed by atoms with Crippen LogP contribution in [0.2, 0.25) is 0 Å². The highest BCUT2D eigenvalue weighted by Crippen LogP contribution is 2.33. The minimum absolute atomic E-state index is 0.0857. The normalized spacial score (nSPS) is 25.0. The van der Waals surface area contributed by atoms with Gasteiger partial charge < -0.3 is 15.2 Å². The second-order valence-corrected chi connectivity index (χ2v) is 6.53. The topological polar surface area (TPSA) is 58.6 Å². The fourth-order valence-electron chi connectivity index (χ4n) is 3.79. The summed E-state index contributed by atoms with van der Waals surface area (Å²) in [5, 5.41) is 13.3. The molecule has 24 heavy (non-hydrogen) atoms. The van der Waals surface area contributed by atoms with Crippen LogP contribution in [-0.4, -0.2) is 23.7 Å². The molecule has 0 saturated carbocycles. The molecular weight excluding hydrogens is 302 g/mol. The van der Waals surface area contributed by atoms with Crippen LogP contribution in [-0.2, 0) is 22.4 Å². The molecule has 2 aromatic carbocycles. The Kier molecular flexibility index (Phi) is 4.08. The average Bonchev–Trinajstić information content (AvgIpc) is 2.91. The second kappa shape index (κ2) is 6.38. The third kappa shape index (κ3) is 2.83. The Morgan fingerprint density at radius 2 is 1.79 bits per heavy atom. The van der Waals surface area contributed by atoms with Gasteiger partial charge >= 0.3 is 0 Å². The van der Waals surface area contributed by atoms with Crippen molar-refractivity contribution < 1.29 is 14.6 Å². The van der Waals surface area contributed by atoms with Gasteiger partial charge in [0.05, 0.1) is 31.3 Å². The van der Waals surface area contributed by atoms with E-state index in [1.54, 1.807) is 0 Å². The van der Waals surface area contributed by atoms with Crippen molar-refractivity contribution in [3.63, 3.8) is 0 Å². The number of ether oxygens (including phenoxy) is 1. The van der Waals surface area contributed by atoms with Crippen LogP contribution in [0.4, 0.5) is 0 Å². The van der Waals surface area contributed by atoms with Gasteiger partial charge in [0.15, 0.2) is 0 Å². The minimum atomic E-state index is -0.564. The second-order valence-electron chi connectivity index (χ2n) is 6.53. The van der Waals surface area contributed by atoms with E-state index in [0.29, 0.717) is 13.0 Å². The smallest absolute Gasteiger partial charge is 0.223 e. The maximum Gasteiger partial charge on any atom is 0.223 e. The highest BCUT2D eigenvalue weighted by molar-refractivity contribution is 5.77. The molecule has 4 rings (SSSR count). The lowest BCUT2D eigenvalue weighted by atomic mass is 9.95. The minimum Gasteiger partial charge on any atom is -0.390 e. The summed E-state index contributed by atoms with van der Waals surface area (Å²) in [6.45, 7) is 0.643. The van der Waals surface area contributed by atoms with E-state index in [9.17, 15) is 9.90 Å². The van der Waals surface area contributed by atoms with Gasteiger partial charge in [0.25, 0.3) is 0 Å². The monoisotopic (exact) mass is 323 g/mol. The molecule has 0 spiro atoms. The SMILES string of the molecule is O=C(C[C@H]1OCCc2ccccc21)N[C@@H]1c2ccccc2C[C@@H]1O. The standard InChI is InChI=1S/C20H21NO3/c22-17-11-14-6-2-4-8-16(14)20(17)21-19(23)12-18-15-7-3-1-5-13(15)9-10-24-18/h1-8,17-18,20,22H,9-12H2,(H,21,23)/t17-,18+,20+/m0/s1. The number of rotatable bonds is 3. The van der Waals surface area contributed by atoms with E-state index in [1.165, 1.54) is 5.56 Å². The van der Waals surface area contributed by atoms with Crippen LogP contribution in [0.25, 0.3) is 0 Å². The number of hydrogen-bond donors (Lipinski definition) is 2. The Labute approximate surface area is 141 Å². The molecular formula is C20H21NO3. The summed E-state index contributed by atoms with van der Waals surface area (Å²) in [5.41, 5.74) is 4.48. The molecule has 0 aromatic heterocycles. The molecule has 1 aliphatic heterocycles. The molecule has 0 radical (unpaired) electrons. The van der Waals surface area contributed by atoms with Crippen molar-refractivity contribution in [2.45, 2.75) is 37.5 Å². The summed E-state index contributed by atoms with van der Waals surface area (Å²) in [6, 6.07) is 15.7. The molecule has 1 heterocycles. The van der Waals surface area contributed by atoms with E-state index in [-0.39, 0.29) is 24.5 Å². The zero-order valence-electron chi connectivity index (χ0n) is 13.4. The predicted molar refractivity (Wildman–Crippen MR) is 90.5 cm³/mol. The number of nitrogens with one attached hydrogen (secondary N) is 1. The number of aliphatic hydroxyl groups excluding tert-OH is 1. The van der Waals surface area contributed by atoms with E-state index in [4.69, 9.17) is 4.74 Å². The van der Waals surface area contributed by atoms with Crippen LogP contribution in [0.1, 0.15) is 40.8 Å². The van der Waals surface area contributed by atoms with Crippen LogP contribution < -0.4 is 5.32 Å². The van der Waals surface area contributed by atoms with Gasteiger partial charge in [-0.2, -0.15) is 0 Å². The van der Waals surface area contributed by atoms with Gasteiger partial charge in [0.1, 0.15) is 0 Å². The Balaban J connectivity index is 1.47. The van der Waals surface area contributed by atoms with Crippen molar-refractivity contribution in [1.29, 1.82) is 0 Å². The van der Waals surface area contributed by atoms with Crippen LogP contribution in [0, 0.1) is 0 Å². The van der Waals surface area contributed by atoms with E-state index in [2.05, 4.69) is 11.4 Å². The van der Waals surface area contributed by atoms with E-state index in [0.717, 1.165) is 23.1 Å². The molecule has 4 heteroatoms. The summed E-state index contributed by atoms with van der Waals surface area (Å²) < 4.78 is 5.81. The molecule has 2 aromatic rings. The molecule has 1 amide bonds. The molecule has 0 bridgehead atoms. The van der Waals surface area contributed by atoms with Crippen LogP contribution in [0.15, 0.2) is 48.5 Å². The lowest BCUT2D eigenvalue weighted by Crippen LogP contribution is -2.35. The summed E-state index contributed by atoms with van der Waals surface area (Å²) in [4.78, 5) is 12.5. The van der Waals surface area contributed by atoms with Gasteiger partial charge in [-0.1, -0.05) is 48.5 Å². The van der Waals surface area contributed by atoms with Gasteiger partial charge in [-0.25, -0.2) is 0 Å². The lowest BCUT2D eigenvalue weighted by molar-refractivity contribution is -0.126. The van der Waals surface area contributed by atoms with Crippen molar-refractivity contribution in [3.05, 3.63) is 70.8 Å². The number of carbonyl (C=O) groups is 1. The van der Waals surface area contributed by atoms with Crippen molar-refractivity contribution in [2.75, 3.05) is 6.61 Å². The zero-order chi connectivity index (χ0) is 16.5. The quantitative estimate of drug-likeness (QED) is 0.912. The Hall–Kier alpha value is -2.17. The number of fused-ring (bicyclic) bond motifs is 2. The molecule has 0 fully saturated rings. The van der Waals surface area contributed by atoms with Crippen molar-refractivity contribution in [1.82, 2.24) is 5.32 Å². The van der Waals surface area contributed by atoms with Crippen molar-refractivity contribution >= 4 is 5.91 Å². The van der Waals surface area contributed by atoms with Gasteiger partial charge in [0.2, 0.25) is 5.91 Å². The fraction of sp³-hybridized carbons (Fsp3) is 0.350. The van der Waals surface area contributed by atoms with Gasteiger partial charge in [-0.15, -0.1) is 0 Å². The van der Waals surface area contributed by atoms with Crippen LogP contribution in [0.3, 0.4) is 0 Å². The maximum atomic E-state index is 12.5.